The van der Waals surface area contributed by atoms with Gasteiger partial charge in [0.15, 0.2) is 5.76 Å². The molecule has 0 aliphatic carbocycles. The highest BCUT2D eigenvalue weighted by Crippen LogP contribution is 2.16. The molecular weight excluding hydrogens is 294 g/mol. The number of hydrogen-bond acceptors (Lipinski definition) is 6. The summed E-state index contributed by atoms with van der Waals surface area (Å²) in [7, 11) is -3.51. The van der Waals surface area contributed by atoms with Gasteiger partial charge in [-0.05, 0) is 35.7 Å². The van der Waals surface area contributed by atoms with Crippen LogP contribution in [0.5, 0.6) is 5.88 Å². The van der Waals surface area contributed by atoms with Crippen LogP contribution in [0.15, 0.2) is 28.8 Å². The van der Waals surface area contributed by atoms with E-state index in [9.17, 15) is 8.42 Å². The molecule has 1 aromatic carbocycles. The Morgan fingerprint density at radius 3 is 2.57 bits per heavy atom. The van der Waals surface area contributed by atoms with E-state index in [-0.39, 0.29) is 12.4 Å². The van der Waals surface area contributed by atoms with Gasteiger partial charge in [0.25, 0.3) is 16.0 Å². The molecule has 0 aliphatic heterocycles. The maximum absolute atomic E-state index is 10.9. The Hall–Kier alpha value is -1.86. The maximum Gasteiger partial charge on any atom is 0.264 e. The third kappa shape index (κ3) is 4.87. The van der Waals surface area contributed by atoms with Crippen LogP contribution in [0.1, 0.15) is 22.5 Å². The van der Waals surface area contributed by atoms with E-state index < -0.39 is 10.1 Å². The Bertz CT molecular complexity index is 721. The van der Waals surface area contributed by atoms with Crippen molar-refractivity contribution in [2.75, 3.05) is 6.26 Å². The number of ether oxygens (including phenoxy) is 1. The van der Waals surface area contributed by atoms with Gasteiger partial charge < -0.3 is 9.26 Å². The van der Waals surface area contributed by atoms with Crippen LogP contribution in [0.3, 0.4) is 0 Å². The highest BCUT2D eigenvalue weighted by Gasteiger charge is 2.09. The van der Waals surface area contributed by atoms with Crippen molar-refractivity contribution in [1.29, 1.82) is 0 Å². The molecular formula is C14H17NO5S. The second-order valence-corrected chi connectivity index (χ2v) is 6.45. The predicted octanol–water partition coefficient (Wildman–Crippen LogP) is 2.35. The zero-order chi connectivity index (χ0) is 15.5. The van der Waals surface area contributed by atoms with Gasteiger partial charge in [-0.2, -0.15) is 8.42 Å². The number of aromatic nitrogens is 1. The molecule has 0 spiro atoms. The minimum Gasteiger partial charge on any atom is -0.471 e. The van der Waals surface area contributed by atoms with Crippen molar-refractivity contribution >= 4 is 10.1 Å². The van der Waals surface area contributed by atoms with E-state index in [1.807, 2.05) is 32.0 Å². The molecule has 0 aliphatic rings. The summed E-state index contributed by atoms with van der Waals surface area (Å²) in [6.07, 6.45) is 0.973. The maximum atomic E-state index is 10.9. The van der Waals surface area contributed by atoms with Gasteiger partial charge in [0, 0.05) is 6.07 Å². The molecule has 0 fully saturated rings. The fourth-order valence-electron chi connectivity index (χ4n) is 1.65. The van der Waals surface area contributed by atoms with Crippen molar-refractivity contribution in [2.45, 2.75) is 27.1 Å². The molecule has 114 valence electrons. The van der Waals surface area contributed by atoms with Crippen LogP contribution in [-0.4, -0.2) is 19.8 Å². The molecule has 0 atom stereocenters. The summed E-state index contributed by atoms with van der Waals surface area (Å²) in [5.74, 6) is 0.579. The molecule has 1 heterocycles. The number of rotatable bonds is 6. The number of aryl methyl sites for hydroxylation is 2. The van der Waals surface area contributed by atoms with Crippen molar-refractivity contribution in [3.63, 3.8) is 0 Å². The zero-order valence-electron chi connectivity index (χ0n) is 12.1. The average Bonchev–Trinajstić information content (AvgIpc) is 2.85. The Morgan fingerprint density at radius 1 is 1.14 bits per heavy atom. The summed E-state index contributed by atoms with van der Waals surface area (Å²) in [4.78, 5) is 0. The molecule has 2 rings (SSSR count). The van der Waals surface area contributed by atoms with E-state index in [4.69, 9.17) is 9.26 Å². The molecule has 0 radical (unpaired) electrons. The smallest absolute Gasteiger partial charge is 0.264 e. The summed E-state index contributed by atoms with van der Waals surface area (Å²) in [6.45, 7) is 4.25. The van der Waals surface area contributed by atoms with Gasteiger partial charge in [-0.1, -0.05) is 18.2 Å². The molecule has 2 aromatic rings. The first-order chi connectivity index (χ1) is 9.83. The van der Waals surface area contributed by atoms with Crippen LogP contribution in [-0.2, 0) is 27.5 Å². The molecule has 7 heteroatoms. The Balaban J connectivity index is 1.92. The zero-order valence-corrected chi connectivity index (χ0v) is 12.9. The number of hydrogen-bond donors (Lipinski definition) is 0. The average molecular weight is 311 g/mol. The van der Waals surface area contributed by atoms with Crippen LogP contribution in [0.25, 0.3) is 0 Å². The number of nitrogens with zero attached hydrogens (tertiary/aromatic N) is 1. The van der Waals surface area contributed by atoms with Gasteiger partial charge >= 0.3 is 0 Å². The van der Waals surface area contributed by atoms with E-state index in [1.165, 1.54) is 17.2 Å². The van der Waals surface area contributed by atoms with Crippen molar-refractivity contribution in [3.05, 3.63) is 46.7 Å². The Labute approximate surface area is 123 Å². The SMILES string of the molecule is Cc1ccc(COc2cc(COS(C)(=O)=O)on2)cc1C. The van der Waals surface area contributed by atoms with Crippen LogP contribution < -0.4 is 4.74 Å². The first-order valence-corrected chi connectivity index (χ1v) is 8.14. The normalized spacial score (nSPS) is 11.6. The van der Waals surface area contributed by atoms with Crippen LogP contribution >= 0.6 is 0 Å². The summed E-state index contributed by atoms with van der Waals surface area (Å²) < 4.78 is 36.8. The van der Waals surface area contributed by atoms with Gasteiger partial charge in [0.1, 0.15) is 13.2 Å². The standard InChI is InChI=1S/C14H17NO5S/c1-10-4-5-12(6-11(10)2)8-18-14-7-13(20-15-14)9-19-21(3,16)17/h4-7H,8-9H2,1-3H3. The van der Waals surface area contributed by atoms with E-state index in [0.717, 1.165) is 11.8 Å². The third-order valence-corrected chi connectivity index (χ3v) is 3.46. The monoisotopic (exact) mass is 311 g/mol. The van der Waals surface area contributed by atoms with Crippen molar-refractivity contribution < 1.29 is 21.9 Å². The highest BCUT2D eigenvalue weighted by atomic mass is 32.2. The first-order valence-electron chi connectivity index (χ1n) is 6.32. The van der Waals surface area contributed by atoms with Gasteiger partial charge in [0.2, 0.25) is 0 Å². The van der Waals surface area contributed by atoms with E-state index in [0.29, 0.717) is 12.5 Å². The van der Waals surface area contributed by atoms with Gasteiger partial charge in [-0.3, -0.25) is 4.18 Å². The van der Waals surface area contributed by atoms with Crippen LogP contribution in [0.4, 0.5) is 0 Å². The fourth-order valence-corrected chi connectivity index (χ4v) is 1.98. The lowest BCUT2D eigenvalue weighted by atomic mass is 10.1. The Kier molecular flexibility index (Phi) is 4.64. The van der Waals surface area contributed by atoms with Gasteiger partial charge in [-0.25, -0.2) is 0 Å². The molecule has 0 saturated carbocycles. The quantitative estimate of drug-likeness (QED) is 0.762. The lowest BCUT2D eigenvalue weighted by molar-refractivity contribution is 0.240. The molecule has 0 N–H and O–H groups in total. The highest BCUT2D eigenvalue weighted by molar-refractivity contribution is 7.85. The summed E-state index contributed by atoms with van der Waals surface area (Å²) >= 11 is 0. The molecule has 6 nitrogen and oxygen atoms in total. The van der Waals surface area contributed by atoms with Gasteiger partial charge in [-0.15, -0.1) is 0 Å². The first kappa shape index (κ1) is 15.5. The molecule has 0 unspecified atom stereocenters. The lowest BCUT2D eigenvalue weighted by Gasteiger charge is -2.05. The lowest BCUT2D eigenvalue weighted by Crippen LogP contribution is -2.01. The molecule has 1 aromatic heterocycles. The van der Waals surface area contributed by atoms with Crippen molar-refractivity contribution in [1.82, 2.24) is 5.16 Å². The minimum absolute atomic E-state index is 0.196. The second kappa shape index (κ2) is 6.28. The van der Waals surface area contributed by atoms with E-state index >= 15 is 0 Å². The van der Waals surface area contributed by atoms with Crippen LogP contribution in [0.2, 0.25) is 0 Å². The minimum atomic E-state index is -3.51. The summed E-state index contributed by atoms with van der Waals surface area (Å²) in [6, 6.07) is 7.56. The fraction of sp³-hybridized carbons (Fsp3) is 0.357. The van der Waals surface area contributed by atoms with Crippen molar-refractivity contribution in [2.24, 2.45) is 0 Å². The Morgan fingerprint density at radius 2 is 1.90 bits per heavy atom. The molecule has 0 bridgehead atoms. The van der Waals surface area contributed by atoms with Crippen molar-refractivity contribution in [3.8, 4) is 5.88 Å². The van der Waals surface area contributed by atoms with Crippen LogP contribution in [0, 0.1) is 13.8 Å². The summed E-state index contributed by atoms with van der Waals surface area (Å²) in [5, 5.41) is 3.70. The van der Waals surface area contributed by atoms with E-state index in [1.54, 1.807) is 0 Å². The number of benzene rings is 1. The van der Waals surface area contributed by atoms with Gasteiger partial charge in [0.05, 0.1) is 6.26 Å². The second-order valence-electron chi connectivity index (χ2n) is 4.81. The topological polar surface area (TPSA) is 78.6 Å². The predicted molar refractivity (Wildman–Crippen MR) is 76.4 cm³/mol. The molecule has 21 heavy (non-hydrogen) atoms. The van der Waals surface area contributed by atoms with E-state index in [2.05, 4.69) is 9.34 Å². The molecule has 0 amide bonds. The summed E-state index contributed by atoms with van der Waals surface area (Å²) in [5.41, 5.74) is 3.44. The largest absolute Gasteiger partial charge is 0.471 e. The molecule has 0 saturated heterocycles. The third-order valence-electron chi connectivity index (χ3n) is 2.91.